The van der Waals surface area contributed by atoms with Crippen LogP contribution in [-0.2, 0) is 19.1 Å². The molecule has 0 aliphatic carbocycles. The van der Waals surface area contributed by atoms with E-state index in [0.717, 1.165) is 11.3 Å². The number of hydrogen-bond acceptors (Lipinski definition) is 6. The minimum Gasteiger partial charge on any atom is -0.457 e. The molecule has 0 aliphatic heterocycles. The largest absolute Gasteiger partial charge is 0.457 e. The predicted molar refractivity (Wildman–Crippen MR) is 111 cm³/mol. The van der Waals surface area contributed by atoms with E-state index in [9.17, 15) is 9.59 Å². The molecule has 0 saturated carbocycles. The van der Waals surface area contributed by atoms with Crippen LogP contribution in [0.25, 0.3) is 11.3 Å². The molecule has 1 aromatic heterocycles. The standard InChI is InChI=1S/C21H26N2O4S/c1-15(13-26-12-8-11-18(24)27-21(2,3)4)19(25)23-20-22-17(14-28-20)16-9-6-5-7-10-16/h5-11,14-15H,12-13H2,1-4H3,(H,22,23,25)/b11-8+/t15-/m0/s1. The second kappa shape index (κ2) is 10.1. The van der Waals surface area contributed by atoms with Crippen molar-refractivity contribution in [2.75, 3.05) is 18.5 Å². The summed E-state index contributed by atoms with van der Waals surface area (Å²) in [5.74, 6) is -0.927. The number of carbonyl (C=O) groups excluding carboxylic acids is 2. The van der Waals surface area contributed by atoms with Crippen LogP contribution in [0.2, 0.25) is 0 Å². The maximum absolute atomic E-state index is 12.3. The SMILES string of the molecule is C[C@@H](COC/C=C/C(=O)OC(C)(C)C)C(=O)Nc1nc(-c2ccccc2)cs1. The summed E-state index contributed by atoms with van der Waals surface area (Å²) in [6.45, 7) is 7.66. The molecule has 1 aromatic carbocycles. The van der Waals surface area contributed by atoms with Crippen molar-refractivity contribution in [1.82, 2.24) is 4.98 Å². The van der Waals surface area contributed by atoms with Gasteiger partial charge in [-0.25, -0.2) is 9.78 Å². The number of hydrogen-bond donors (Lipinski definition) is 1. The van der Waals surface area contributed by atoms with Crippen LogP contribution in [0.4, 0.5) is 5.13 Å². The molecule has 2 rings (SSSR count). The van der Waals surface area contributed by atoms with Crippen LogP contribution >= 0.6 is 11.3 Å². The van der Waals surface area contributed by atoms with Gasteiger partial charge in [0.15, 0.2) is 5.13 Å². The van der Waals surface area contributed by atoms with E-state index >= 15 is 0 Å². The van der Waals surface area contributed by atoms with Gasteiger partial charge in [-0.2, -0.15) is 0 Å². The summed E-state index contributed by atoms with van der Waals surface area (Å²) in [6, 6.07) is 9.79. The highest BCUT2D eigenvalue weighted by Crippen LogP contribution is 2.24. The normalized spacial score (nSPS) is 12.7. The Bertz CT molecular complexity index is 809. The Morgan fingerprint density at radius 2 is 1.96 bits per heavy atom. The Balaban J connectivity index is 1.73. The highest BCUT2D eigenvalue weighted by molar-refractivity contribution is 7.14. The quantitative estimate of drug-likeness (QED) is 0.405. The third-order valence-electron chi connectivity index (χ3n) is 3.49. The second-order valence-corrected chi connectivity index (χ2v) is 8.13. The molecule has 1 amide bonds. The van der Waals surface area contributed by atoms with Crippen molar-refractivity contribution in [1.29, 1.82) is 0 Å². The Morgan fingerprint density at radius 1 is 1.25 bits per heavy atom. The summed E-state index contributed by atoms with van der Waals surface area (Å²) < 4.78 is 10.6. The van der Waals surface area contributed by atoms with E-state index in [1.165, 1.54) is 17.4 Å². The molecule has 1 heterocycles. The maximum atomic E-state index is 12.3. The van der Waals surface area contributed by atoms with Crippen molar-refractivity contribution in [3.05, 3.63) is 47.9 Å². The lowest BCUT2D eigenvalue weighted by Crippen LogP contribution is -2.24. The summed E-state index contributed by atoms with van der Waals surface area (Å²) in [6.07, 6.45) is 2.91. The van der Waals surface area contributed by atoms with Crippen LogP contribution < -0.4 is 5.32 Å². The third kappa shape index (κ3) is 7.62. The van der Waals surface area contributed by atoms with Gasteiger partial charge in [0.25, 0.3) is 0 Å². The Labute approximate surface area is 169 Å². The number of nitrogens with one attached hydrogen (secondary N) is 1. The van der Waals surface area contributed by atoms with Crippen molar-refractivity contribution < 1.29 is 19.1 Å². The topological polar surface area (TPSA) is 77.5 Å². The number of esters is 1. The molecule has 2 aromatic rings. The number of ether oxygens (including phenoxy) is 2. The number of anilines is 1. The zero-order valence-corrected chi connectivity index (χ0v) is 17.4. The van der Waals surface area contributed by atoms with Crippen LogP contribution in [0, 0.1) is 5.92 Å². The van der Waals surface area contributed by atoms with Gasteiger partial charge in [-0.3, -0.25) is 4.79 Å². The number of benzene rings is 1. The number of aromatic nitrogens is 1. The molecular formula is C21H26N2O4S. The van der Waals surface area contributed by atoms with Gasteiger partial charge in [0, 0.05) is 17.0 Å². The van der Waals surface area contributed by atoms with Gasteiger partial charge in [0.2, 0.25) is 5.91 Å². The fourth-order valence-electron chi connectivity index (χ4n) is 2.17. The van der Waals surface area contributed by atoms with Crippen molar-refractivity contribution in [3.63, 3.8) is 0 Å². The Hall–Kier alpha value is -2.51. The first-order chi connectivity index (χ1) is 13.2. The summed E-state index contributed by atoms with van der Waals surface area (Å²) in [4.78, 5) is 28.3. The zero-order valence-electron chi connectivity index (χ0n) is 16.6. The minimum atomic E-state index is -0.523. The molecule has 1 atom stereocenters. The molecule has 1 N–H and O–H groups in total. The van der Waals surface area contributed by atoms with Crippen LogP contribution in [-0.4, -0.2) is 35.7 Å². The van der Waals surface area contributed by atoms with E-state index in [-0.39, 0.29) is 25.0 Å². The van der Waals surface area contributed by atoms with E-state index in [0.29, 0.717) is 5.13 Å². The first-order valence-electron chi connectivity index (χ1n) is 9.03. The smallest absolute Gasteiger partial charge is 0.331 e. The molecule has 0 unspecified atom stereocenters. The number of nitrogens with zero attached hydrogens (tertiary/aromatic N) is 1. The highest BCUT2D eigenvalue weighted by Gasteiger charge is 2.16. The monoisotopic (exact) mass is 402 g/mol. The average molecular weight is 403 g/mol. The zero-order chi connectivity index (χ0) is 20.6. The van der Waals surface area contributed by atoms with Gasteiger partial charge in [0.05, 0.1) is 24.8 Å². The lowest BCUT2D eigenvalue weighted by Gasteiger charge is -2.17. The van der Waals surface area contributed by atoms with Crippen LogP contribution in [0.15, 0.2) is 47.9 Å². The van der Waals surface area contributed by atoms with Crippen LogP contribution in [0.5, 0.6) is 0 Å². The molecule has 0 spiro atoms. The Morgan fingerprint density at radius 3 is 2.64 bits per heavy atom. The van der Waals surface area contributed by atoms with Crippen LogP contribution in [0.3, 0.4) is 0 Å². The molecule has 6 nitrogen and oxygen atoms in total. The summed E-state index contributed by atoms with van der Waals surface area (Å²) in [7, 11) is 0. The molecule has 0 radical (unpaired) electrons. The molecule has 150 valence electrons. The van der Waals surface area contributed by atoms with Gasteiger partial charge < -0.3 is 14.8 Å². The number of carbonyl (C=O) groups is 2. The Kier molecular flexibility index (Phi) is 7.90. The fourth-order valence-corrected chi connectivity index (χ4v) is 2.89. The highest BCUT2D eigenvalue weighted by atomic mass is 32.1. The van der Waals surface area contributed by atoms with Gasteiger partial charge in [-0.15, -0.1) is 11.3 Å². The average Bonchev–Trinajstić information content (AvgIpc) is 3.09. The van der Waals surface area contributed by atoms with E-state index in [4.69, 9.17) is 9.47 Å². The number of rotatable bonds is 8. The lowest BCUT2D eigenvalue weighted by molar-refractivity contribution is -0.148. The van der Waals surface area contributed by atoms with E-state index in [1.807, 2.05) is 35.7 Å². The van der Waals surface area contributed by atoms with E-state index < -0.39 is 11.6 Å². The van der Waals surface area contributed by atoms with Crippen LogP contribution in [0.1, 0.15) is 27.7 Å². The molecule has 7 heteroatoms. The maximum Gasteiger partial charge on any atom is 0.331 e. The first kappa shape index (κ1) is 21.8. The molecule has 28 heavy (non-hydrogen) atoms. The van der Waals surface area contributed by atoms with Gasteiger partial charge in [-0.1, -0.05) is 43.3 Å². The number of thiazole rings is 1. The van der Waals surface area contributed by atoms with Crippen molar-refractivity contribution in [2.45, 2.75) is 33.3 Å². The molecule has 0 fully saturated rings. The van der Waals surface area contributed by atoms with Gasteiger partial charge in [0.1, 0.15) is 5.60 Å². The summed E-state index contributed by atoms with van der Waals surface area (Å²) >= 11 is 1.38. The first-order valence-corrected chi connectivity index (χ1v) is 9.91. The molecule has 0 saturated heterocycles. The number of amides is 1. The van der Waals surface area contributed by atoms with Crippen molar-refractivity contribution in [3.8, 4) is 11.3 Å². The predicted octanol–water partition coefficient (Wildman–Crippen LogP) is 4.30. The van der Waals surface area contributed by atoms with E-state index in [2.05, 4.69) is 10.3 Å². The van der Waals surface area contributed by atoms with Gasteiger partial charge in [-0.05, 0) is 20.8 Å². The third-order valence-corrected chi connectivity index (χ3v) is 4.25. The second-order valence-electron chi connectivity index (χ2n) is 7.27. The minimum absolute atomic E-state index is 0.162. The van der Waals surface area contributed by atoms with E-state index in [1.54, 1.807) is 33.8 Å². The van der Waals surface area contributed by atoms with Crippen molar-refractivity contribution >= 4 is 28.3 Å². The molecular weight excluding hydrogens is 376 g/mol. The molecule has 0 aliphatic rings. The fraction of sp³-hybridized carbons (Fsp3) is 0.381. The molecule has 0 bridgehead atoms. The summed E-state index contributed by atoms with van der Waals surface area (Å²) in [5, 5.41) is 5.28. The van der Waals surface area contributed by atoms with Crippen molar-refractivity contribution in [2.24, 2.45) is 5.92 Å². The summed E-state index contributed by atoms with van der Waals surface area (Å²) in [5.41, 5.74) is 1.31. The lowest BCUT2D eigenvalue weighted by atomic mass is 10.2. The van der Waals surface area contributed by atoms with Gasteiger partial charge >= 0.3 is 5.97 Å².